The van der Waals surface area contributed by atoms with Crippen molar-refractivity contribution in [3.05, 3.63) is 188 Å². The summed E-state index contributed by atoms with van der Waals surface area (Å²) in [4.78, 5) is 5.26. The zero-order chi connectivity index (χ0) is 36.7. The molecule has 0 aliphatic heterocycles. The zero-order valence-electron chi connectivity index (χ0n) is 30.0. The maximum atomic E-state index is 6.46. The number of hydrogen-bond donors (Lipinski definition) is 0. The number of furan rings is 1. The molecule has 4 aromatic heterocycles. The number of aromatic nitrogens is 5. The van der Waals surface area contributed by atoms with E-state index in [0.29, 0.717) is 5.82 Å². The van der Waals surface area contributed by atoms with E-state index >= 15 is 0 Å². The van der Waals surface area contributed by atoms with Crippen molar-refractivity contribution < 1.29 is 4.42 Å². The van der Waals surface area contributed by atoms with Gasteiger partial charge in [-0.3, -0.25) is 0 Å². The summed E-state index contributed by atoms with van der Waals surface area (Å²) in [6.07, 6.45) is 0. The molecule has 6 heteroatoms. The third-order valence-electron chi connectivity index (χ3n) is 11.1. The summed E-state index contributed by atoms with van der Waals surface area (Å²) in [5.41, 5.74) is 11.3. The quantitative estimate of drug-likeness (QED) is 0.178. The number of benzene rings is 8. The van der Waals surface area contributed by atoms with E-state index in [1.54, 1.807) is 0 Å². The molecule has 0 radical (unpaired) electrons. The molecule has 8 aromatic carbocycles. The molecule has 0 aliphatic rings. The molecule has 4 heterocycles. The van der Waals surface area contributed by atoms with E-state index in [4.69, 9.17) is 14.5 Å². The van der Waals surface area contributed by atoms with Gasteiger partial charge in [-0.05, 0) is 54.6 Å². The highest BCUT2D eigenvalue weighted by Crippen LogP contribution is 2.43. The minimum Gasteiger partial charge on any atom is -0.456 e. The first-order valence-corrected chi connectivity index (χ1v) is 18.8. The van der Waals surface area contributed by atoms with E-state index in [1.165, 1.54) is 10.8 Å². The topological polar surface area (TPSA) is 53.7 Å². The van der Waals surface area contributed by atoms with Gasteiger partial charge in [0.1, 0.15) is 11.2 Å². The van der Waals surface area contributed by atoms with Crippen LogP contribution in [0.1, 0.15) is 0 Å². The highest BCUT2D eigenvalue weighted by molar-refractivity contribution is 6.18. The molecular formula is C50H31N5O. The van der Waals surface area contributed by atoms with Crippen molar-refractivity contribution in [1.82, 2.24) is 23.9 Å². The molecule has 0 spiro atoms. The van der Waals surface area contributed by atoms with Gasteiger partial charge >= 0.3 is 0 Å². The molecule has 0 saturated carbocycles. The predicted octanol–water partition coefficient (Wildman–Crippen LogP) is 12.7. The van der Waals surface area contributed by atoms with Crippen LogP contribution in [0.2, 0.25) is 0 Å². The SMILES string of the molecule is c1ccc(-c2nc(-c3cccc4c3c3ccccc3n4-c3ccccc3-n3c4ccccc4c4cc5c(cc43)oc3ccccc35)n(-c3ccccc3)n2)cc1. The molecule has 0 unspecified atom stereocenters. The van der Waals surface area contributed by atoms with Crippen molar-refractivity contribution in [1.29, 1.82) is 0 Å². The van der Waals surface area contributed by atoms with E-state index in [0.717, 1.165) is 88.8 Å². The van der Waals surface area contributed by atoms with Gasteiger partial charge in [-0.15, -0.1) is 5.10 Å². The molecule has 0 saturated heterocycles. The predicted molar refractivity (Wildman–Crippen MR) is 228 cm³/mol. The third kappa shape index (κ3) is 4.44. The van der Waals surface area contributed by atoms with Gasteiger partial charge in [-0.2, -0.15) is 0 Å². The van der Waals surface area contributed by atoms with Gasteiger partial charge in [0.05, 0.1) is 39.1 Å². The summed E-state index contributed by atoms with van der Waals surface area (Å²) >= 11 is 0. The molecule has 0 bridgehead atoms. The first-order chi connectivity index (χ1) is 27.8. The Morgan fingerprint density at radius 3 is 1.80 bits per heavy atom. The van der Waals surface area contributed by atoms with Crippen molar-refractivity contribution in [3.63, 3.8) is 0 Å². The van der Waals surface area contributed by atoms with Crippen LogP contribution in [-0.4, -0.2) is 23.9 Å². The van der Waals surface area contributed by atoms with E-state index < -0.39 is 0 Å². The Hall–Kier alpha value is -7.70. The van der Waals surface area contributed by atoms with Crippen molar-refractivity contribution in [3.8, 4) is 39.8 Å². The van der Waals surface area contributed by atoms with Crippen LogP contribution in [-0.2, 0) is 0 Å². The molecule has 12 aromatic rings. The second-order valence-electron chi connectivity index (χ2n) is 14.2. The van der Waals surface area contributed by atoms with Gasteiger partial charge in [-0.1, -0.05) is 127 Å². The van der Waals surface area contributed by atoms with Crippen molar-refractivity contribution in [2.45, 2.75) is 0 Å². The molecule has 0 amide bonds. The Balaban J connectivity index is 1.14. The molecule has 0 N–H and O–H groups in total. The fourth-order valence-corrected chi connectivity index (χ4v) is 8.70. The highest BCUT2D eigenvalue weighted by Gasteiger charge is 2.24. The summed E-state index contributed by atoms with van der Waals surface area (Å²) in [7, 11) is 0. The second kappa shape index (κ2) is 11.9. The number of rotatable bonds is 5. The number of para-hydroxylation sites is 6. The molecule has 0 atom stereocenters. The lowest BCUT2D eigenvalue weighted by Crippen LogP contribution is -2.03. The lowest BCUT2D eigenvalue weighted by atomic mass is 10.1. The maximum Gasteiger partial charge on any atom is 0.182 e. The van der Waals surface area contributed by atoms with Gasteiger partial charge in [0.15, 0.2) is 11.6 Å². The Morgan fingerprint density at radius 1 is 0.411 bits per heavy atom. The van der Waals surface area contributed by atoms with Gasteiger partial charge in [0, 0.05) is 49.5 Å². The van der Waals surface area contributed by atoms with E-state index in [-0.39, 0.29) is 0 Å². The Labute approximate surface area is 320 Å². The minimum absolute atomic E-state index is 0.681. The minimum atomic E-state index is 0.681. The summed E-state index contributed by atoms with van der Waals surface area (Å²) in [6.45, 7) is 0. The molecule has 56 heavy (non-hydrogen) atoms. The van der Waals surface area contributed by atoms with Gasteiger partial charge in [0.2, 0.25) is 0 Å². The van der Waals surface area contributed by atoms with Gasteiger partial charge in [0.25, 0.3) is 0 Å². The van der Waals surface area contributed by atoms with Crippen LogP contribution in [0.3, 0.4) is 0 Å². The lowest BCUT2D eigenvalue weighted by Gasteiger charge is -2.16. The Morgan fingerprint density at radius 2 is 1.02 bits per heavy atom. The monoisotopic (exact) mass is 717 g/mol. The number of nitrogens with zero attached hydrogens (tertiary/aromatic N) is 5. The van der Waals surface area contributed by atoms with E-state index in [2.05, 4.69) is 149 Å². The van der Waals surface area contributed by atoms with Crippen LogP contribution in [0.4, 0.5) is 0 Å². The van der Waals surface area contributed by atoms with E-state index in [9.17, 15) is 0 Å². The average Bonchev–Trinajstić information content (AvgIpc) is 4.03. The fourth-order valence-electron chi connectivity index (χ4n) is 8.70. The van der Waals surface area contributed by atoms with Crippen LogP contribution in [0.25, 0.3) is 105 Å². The first kappa shape index (κ1) is 30.7. The summed E-state index contributed by atoms with van der Waals surface area (Å²) in [5.74, 6) is 1.47. The van der Waals surface area contributed by atoms with Crippen molar-refractivity contribution in [2.75, 3.05) is 0 Å². The third-order valence-corrected chi connectivity index (χ3v) is 11.1. The molecule has 6 nitrogen and oxygen atoms in total. The summed E-state index contributed by atoms with van der Waals surface area (Å²) in [5, 5.41) is 12.0. The largest absolute Gasteiger partial charge is 0.456 e. The Bertz CT molecular complexity index is 3480. The molecule has 262 valence electrons. The standard InChI is InChI=1S/C50H31N5O/c1-3-16-32(17-4-1)49-51-50(55(52-49)33-18-5-2-6-19-33)37-23-15-28-44-48(37)36-22-8-11-25-41(36)53(44)42-26-12-13-27-43(42)54-40-24-10-7-20-34(40)38-30-39-35-21-9-14-29-46(35)56-47(39)31-45(38)54/h1-31H. The fraction of sp³-hybridized carbons (Fsp3) is 0. The van der Waals surface area contributed by atoms with Crippen molar-refractivity contribution >= 4 is 65.6 Å². The Kier molecular flexibility index (Phi) is 6.53. The van der Waals surface area contributed by atoms with E-state index in [1.807, 2.05) is 53.2 Å². The molecule has 0 fully saturated rings. The van der Waals surface area contributed by atoms with Gasteiger partial charge in [-0.25, -0.2) is 9.67 Å². The molecule has 12 rings (SSSR count). The van der Waals surface area contributed by atoms with Crippen LogP contribution in [0.15, 0.2) is 192 Å². The average molecular weight is 718 g/mol. The van der Waals surface area contributed by atoms with Gasteiger partial charge < -0.3 is 13.6 Å². The van der Waals surface area contributed by atoms with Crippen LogP contribution < -0.4 is 0 Å². The lowest BCUT2D eigenvalue weighted by molar-refractivity contribution is 0.669. The smallest absolute Gasteiger partial charge is 0.182 e. The molecular weight excluding hydrogens is 687 g/mol. The molecule has 0 aliphatic carbocycles. The number of hydrogen-bond acceptors (Lipinski definition) is 3. The second-order valence-corrected chi connectivity index (χ2v) is 14.2. The highest BCUT2D eigenvalue weighted by atomic mass is 16.3. The summed E-state index contributed by atoms with van der Waals surface area (Å²) in [6, 6.07) is 65.9. The normalized spacial score (nSPS) is 11.9. The van der Waals surface area contributed by atoms with Crippen LogP contribution >= 0.6 is 0 Å². The first-order valence-electron chi connectivity index (χ1n) is 18.8. The zero-order valence-corrected chi connectivity index (χ0v) is 30.0. The van der Waals surface area contributed by atoms with Crippen LogP contribution in [0, 0.1) is 0 Å². The number of fused-ring (bicyclic) bond motifs is 9. The van der Waals surface area contributed by atoms with Crippen molar-refractivity contribution in [2.24, 2.45) is 0 Å². The summed E-state index contributed by atoms with van der Waals surface area (Å²) < 4.78 is 13.2. The maximum absolute atomic E-state index is 6.46. The van der Waals surface area contributed by atoms with Crippen LogP contribution in [0.5, 0.6) is 0 Å².